The number of aryl methyl sites for hydroxylation is 1. The van der Waals surface area contributed by atoms with Gasteiger partial charge in [0.15, 0.2) is 0 Å². The Morgan fingerprint density at radius 1 is 1.09 bits per heavy atom. The summed E-state index contributed by atoms with van der Waals surface area (Å²) in [6.07, 6.45) is 7.60. The van der Waals surface area contributed by atoms with Crippen LogP contribution in [0.5, 0.6) is 5.75 Å². The topological polar surface area (TPSA) is 122 Å². The first-order valence-corrected chi connectivity index (χ1v) is 14.6. The van der Waals surface area contributed by atoms with E-state index in [1.54, 1.807) is 54.3 Å². The van der Waals surface area contributed by atoms with E-state index in [1.807, 2.05) is 6.92 Å². The zero-order valence-corrected chi connectivity index (χ0v) is 25.4. The minimum absolute atomic E-state index is 0.0469. The molecule has 2 unspecified atom stereocenters. The van der Waals surface area contributed by atoms with E-state index in [0.717, 1.165) is 0 Å². The molecule has 232 valence electrons. The molecule has 0 aliphatic carbocycles. The van der Waals surface area contributed by atoms with Crippen LogP contribution in [-0.2, 0) is 4.79 Å². The Hall–Kier alpha value is -4.91. The lowest BCUT2D eigenvalue weighted by Gasteiger charge is -2.24. The lowest BCUT2D eigenvalue weighted by Crippen LogP contribution is -2.27. The molecule has 2 bridgehead atoms. The summed E-state index contributed by atoms with van der Waals surface area (Å²) in [6, 6.07) is 9.33. The summed E-state index contributed by atoms with van der Waals surface area (Å²) < 4.78 is 37.5. The molecule has 5 heterocycles. The highest BCUT2D eigenvalue weighted by Crippen LogP contribution is 2.38. The highest BCUT2D eigenvalue weighted by molar-refractivity contribution is 6.31. The molecule has 0 saturated carbocycles. The van der Waals surface area contributed by atoms with Gasteiger partial charge in [-0.25, -0.2) is 9.36 Å². The van der Waals surface area contributed by atoms with Crippen molar-refractivity contribution in [2.45, 2.75) is 45.7 Å². The molecule has 11 nitrogen and oxygen atoms in total. The molecule has 14 heteroatoms. The van der Waals surface area contributed by atoms with Gasteiger partial charge in [-0.15, -0.1) is 5.10 Å². The second kappa shape index (κ2) is 12.2. The summed E-state index contributed by atoms with van der Waals surface area (Å²) in [5, 5.41) is 15.3. The molecule has 1 amide bonds. The second-order valence-electron chi connectivity index (χ2n) is 10.9. The third-order valence-corrected chi connectivity index (χ3v) is 8.13. The summed E-state index contributed by atoms with van der Waals surface area (Å²) in [5.41, 5.74) is 3.19. The molecule has 1 N–H and O–H groups in total. The Balaban J connectivity index is 1.50. The van der Waals surface area contributed by atoms with Gasteiger partial charge in [0.05, 0.1) is 60.2 Å². The van der Waals surface area contributed by atoms with Crippen molar-refractivity contribution in [1.29, 1.82) is 0 Å². The van der Waals surface area contributed by atoms with Crippen LogP contribution >= 0.6 is 11.6 Å². The first-order chi connectivity index (χ1) is 21.6. The number of alkyl halides is 2. The van der Waals surface area contributed by atoms with Crippen LogP contribution in [0.3, 0.4) is 0 Å². The number of nitrogens with zero attached hydrogens (tertiary/aromatic N) is 7. The molecule has 1 aliphatic heterocycles. The molecule has 6 rings (SSSR count). The van der Waals surface area contributed by atoms with Crippen molar-refractivity contribution in [1.82, 2.24) is 34.3 Å². The number of halogens is 3. The Labute approximate surface area is 261 Å². The fraction of sp³-hybridized carbons (Fsp3) is 0.290. The van der Waals surface area contributed by atoms with Crippen LogP contribution in [0, 0.1) is 12.8 Å². The fourth-order valence-electron chi connectivity index (χ4n) is 5.64. The van der Waals surface area contributed by atoms with E-state index in [4.69, 9.17) is 16.3 Å². The molecular weight excluding hydrogens is 606 g/mol. The molecular formula is C31H29ClF2N8O3. The highest BCUT2D eigenvalue weighted by Gasteiger charge is 2.27. The number of carbonyl (C=O) groups excluding carboxylic acids is 1. The summed E-state index contributed by atoms with van der Waals surface area (Å²) in [6.45, 7) is 0.649. The number of methoxy groups -OCH3 is 1. The standard InChI is InChI=1S/C31H29ClF2N8O3/c1-17-5-4-6-26(23-11-19(9-10-35-23)29-24(37-30(17)44)14-36-42(29)31(33)34)40-16-27(45-3)22(13-28(40)43)21-12-20(32)7-8-25(21)41-15-18(2)38-39-41/h7-17,26,31H,4-6H2,1-3H3,(H,37,44). The fourth-order valence-corrected chi connectivity index (χ4v) is 5.81. The number of hydrogen-bond donors (Lipinski definition) is 1. The van der Waals surface area contributed by atoms with Crippen LogP contribution < -0.4 is 15.6 Å². The third-order valence-electron chi connectivity index (χ3n) is 7.90. The van der Waals surface area contributed by atoms with Gasteiger partial charge in [0.1, 0.15) is 5.75 Å². The van der Waals surface area contributed by atoms with E-state index >= 15 is 0 Å². The van der Waals surface area contributed by atoms with Gasteiger partial charge < -0.3 is 14.6 Å². The van der Waals surface area contributed by atoms with Gasteiger partial charge in [-0.05, 0) is 50.1 Å². The maximum absolute atomic E-state index is 14.0. The number of anilines is 1. The quantitative estimate of drug-likeness (QED) is 0.249. The van der Waals surface area contributed by atoms with E-state index < -0.39 is 18.5 Å². The van der Waals surface area contributed by atoms with Gasteiger partial charge in [-0.1, -0.05) is 30.2 Å². The SMILES string of the molecule is COc1cn(C2CCCC(C)C(=O)Nc3cnn(C(F)F)c3-c3ccnc2c3)c(=O)cc1-c1cc(Cl)ccc1-n1cc(C)nn1. The number of hydrogen-bond acceptors (Lipinski definition) is 7. The molecule has 5 aromatic rings. The van der Waals surface area contributed by atoms with Crippen LogP contribution in [0.2, 0.25) is 5.02 Å². The Morgan fingerprint density at radius 3 is 2.64 bits per heavy atom. The third kappa shape index (κ3) is 5.82. The lowest BCUT2D eigenvalue weighted by atomic mass is 9.96. The second-order valence-corrected chi connectivity index (χ2v) is 11.3. The smallest absolute Gasteiger partial charge is 0.333 e. The van der Waals surface area contributed by atoms with Gasteiger partial charge in [-0.2, -0.15) is 13.9 Å². The first-order valence-electron chi connectivity index (χ1n) is 14.3. The number of aromatic nitrogens is 7. The summed E-state index contributed by atoms with van der Waals surface area (Å²) in [5.74, 6) is -0.336. The minimum atomic E-state index is -2.94. The van der Waals surface area contributed by atoms with Crippen molar-refractivity contribution in [3.63, 3.8) is 0 Å². The predicted molar refractivity (Wildman–Crippen MR) is 164 cm³/mol. The normalized spacial score (nSPS) is 16.9. The van der Waals surface area contributed by atoms with Gasteiger partial charge in [0.25, 0.3) is 5.56 Å². The van der Waals surface area contributed by atoms with Crippen molar-refractivity contribution < 1.29 is 18.3 Å². The minimum Gasteiger partial charge on any atom is -0.495 e. The number of amides is 1. The van der Waals surface area contributed by atoms with Gasteiger partial charge in [-0.3, -0.25) is 14.6 Å². The number of carbonyl (C=O) groups is 1. The summed E-state index contributed by atoms with van der Waals surface area (Å²) >= 11 is 6.39. The number of rotatable bonds is 5. The van der Waals surface area contributed by atoms with E-state index in [1.165, 1.54) is 30.1 Å². The zero-order chi connectivity index (χ0) is 31.8. The van der Waals surface area contributed by atoms with Crippen molar-refractivity contribution in [3.05, 3.63) is 87.9 Å². The first kappa shape index (κ1) is 30.1. The van der Waals surface area contributed by atoms with E-state index in [9.17, 15) is 18.4 Å². The van der Waals surface area contributed by atoms with Crippen LogP contribution in [0.15, 0.2) is 66.0 Å². The van der Waals surface area contributed by atoms with Crippen molar-refractivity contribution in [2.75, 3.05) is 12.4 Å². The number of benzene rings is 1. The average Bonchev–Trinajstić information content (AvgIpc) is 3.65. The molecule has 0 saturated heterocycles. The molecule has 0 radical (unpaired) electrons. The summed E-state index contributed by atoms with van der Waals surface area (Å²) in [4.78, 5) is 31.5. The van der Waals surface area contributed by atoms with Crippen LogP contribution in [0.4, 0.5) is 14.5 Å². The highest BCUT2D eigenvalue weighted by atomic mass is 35.5. The van der Waals surface area contributed by atoms with Gasteiger partial charge >= 0.3 is 6.55 Å². The number of fused-ring (bicyclic) bond motifs is 4. The Kier molecular flexibility index (Phi) is 8.19. The molecule has 0 spiro atoms. The van der Waals surface area contributed by atoms with Crippen molar-refractivity contribution in [3.8, 4) is 33.8 Å². The lowest BCUT2D eigenvalue weighted by molar-refractivity contribution is -0.119. The maximum atomic E-state index is 14.0. The maximum Gasteiger partial charge on any atom is 0.333 e. The molecule has 0 fully saturated rings. The molecule has 2 atom stereocenters. The van der Waals surface area contributed by atoms with Gasteiger partial charge in [0, 0.05) is 39.9 Å². The van der Waals surface area contributed by atoms with Gasteiger partial charge in [0.2, 0.25) is 5.91 Å². The largest absolute Gasteiger partial charge is 0.495 e. The molecule has 1 aliphatic rings. The van der Waals surface area contributed by atoms with Crippen LogP contribution in [0.25, 0.3) is 28.1 Å². The molecule has 1 aromatic carbocycles. The van der Waals surface area contributed by atoms with Crippen molar-refractivity contribution >= 4 is 23.2 Å². The number of pyridine rings is 2. The molecule has 4 aromatic heterocycles. The van der Waals surface area contributed by atoms with E-state index in [2.05, 4.69) is 25.7 Å². The predicted octanol–water partition coefficient (Wildman–Crippen LogP) is 6.07. The Bertz CT molecular complexity index is 1950. The van der Waals surface area contributed by atoms with Crippen LogP contribution in [0.1, 0.15) is 50.2 Å². The van der Waals surface area contributed by atoms with Crippen LogP contribution in [-0.4, -0.2) is 47.3 Å². The monoisotopic (exact) mass is 634 g/mol. The zero-order valence-electron chi connectivity index (χ0n) is 24.6. The number of nitrogens with one attached hydrogen (secondary N) is 1. The Morgan fingerprint density at radius 2 is 1.91 bits per heavy atom. The van der Waals surface area contributed by atoms with E-state index in [-0.39, 0.29) is 22.8 Å². The summed E-state index contributed by atoms with van der Waals surface area (Å²) in [7, 11) is 1.50. The van der Waals surface area contributed by atoms with Crippen molar-refractivity contribution in [2.24, 2.45) is 5.92 Å². The van der Waals surface area contributed by atoms with E-state index in [0.29, 0.717) is 68.5 Å². The molecule has 45 heavy (non-hydrogen) atoms. The average molecular weight is 635 g/mol. The number of ether oxygens (including phenoxy) is 1.